The lowest BCUT2D eigenvalue weighted by molar-refractivity contribution is -0.385. The Labute approximate surface area is 126 Å². The van der Waals surface area contributed by atoms with E-state index in [0.29, 0.717) is 12.1 Å². The normalized spacial score (nSPS) is 12.1. The summed E-state index contributed by atoms with van der Waals surface area (Å²) in [6.07, 6.45) is 0. The molecule has 104 valence electrons. The molecule has 0 aliphatic carbocycles. The van der Waals surface area contributed by atoms with E-state index in [9.17, 15) is 10.1 Å². The Hall–Kier alpha value is -1.72. The van der Waals surface area contributed by atoms with E-state index < -0.39 is 0 Å². The van der Waals surface area contributed by atoms with Gasteiger partial charge in [-0.1, -0.05) is 46.3 Å². The molecular formula is C15H15BrN2O2. The second-order valence-electron chi connectivity index (χ2n) is 4.54. The van der Waals surface area contributed by atoms with Gasteiger partial charge in [0, 0.05) is 28.7 Å². The van der Waals surface area contributed by atoms with E-state index in [-0.39, 0.29) is 16.7 Å². The van der Waals surface area contributed by atoms with Gasteiger partial charge in [0.15, 0.2) is 0 Å². The molecule has 2 rings (SSSR count). The Kier molecular flexibility index (Phi) is 4.87. The van der Waals surface area contributed by atoms with Crippen LogP contribution in [0.15, 0.2) is 53.0 Å². The minimum Gasteiger partial charge on any atom is -0.306 e. The molecule has 2 aromatic carbocycles. The topological polar surface area (TPSA) is 55.2 Å². The zero-order valence-electron chi connectivity index (χ0n) is 11.0. The maximum atomic E-state index is 10.9. The minimum atomic E-state index is -0.346. The highest BCUT2D eigenvalue weighted by atomic mass is 79.9. The van der Waals surface area contributed by atoms with Gasteiger partial charge in [-0.25, -0.2) is 0 Å². The molecule has 0 aliphatic rings. The Bertz CT molecular complexity index is 599. The first-order valence-electron chi connectivity index (χ1n) is 6.29. The third-order valence-corrected chi connectivity index (χ3v) is 3.69. The van der Waals surface area contributed by atoms with Crippen LogP contribution in [0.4, 0.5) is 5.69 Å². The summed E-state index contributed by atoms with van der Waals surface area (Å²) in [6.45, 7) is 2.51. The van der Waals surface area contributed by atoms with Gasteiger partial charge in [-0.15, -0.1) is 0 Å². The number of nitrogens with one attached hydrogen (secondary N) is 1. The molecule has 2 aromatic rings. The molecule has 1 unspecified atom stereocenters. The van der Waals surface area contributed by atoms with Crippen molar-refractivity contribution in [2.75, 3.05) is 0 Å². The molecule has 0 heterocycles. The van der Waals surface area contributed by atoms with Crippen LogP contribution in [0, 0.1) is 10.1 Å². The van der Waals surface area contributed by atoms with Gasteiger partial charge in [0.25, 0.3) is 5.69 Å². The average molecular weight is 335 g/mol. The fourth-order valence-electron chi connectivity index (χ4n) is 1.97. The summed E-state index contributed by atoms with van der Waals surface area (Å²) in [5.41, 5.74) is 2.00. The molecule has 1 atom stereocenters. The van der Waals surface area contributed by atoms with Crippen LogP contribution in [0.2, 0.25) is 0 Å². The molecule has 1 N–H and O–H groups in total. The van der Waals surface area contributed by atoms with Crippen LogP contribution in [0.3, 0.4) is 0 Å². The Balaban J connectivity index is 2.05. The summed E-state index contributed by atoms with van der Waals surface area (Å²) in [7, 11) is 0. The predicted molar refractivity (Wildman–Crippen MR) is 82.5 cm³/mol. The van der Waals surface area contributed by atoms with Crippen LogP contribution in [0.25, 0.3) is 0 Å². The number of nitrogens with zero attached hydrogens (tertiary/aromatic N) is 1. The molecule has 0 bridgehead atoms. The number of rotatable bonds is 5. The number of nitro benzene ring substituents is 1. The van der Waals surface area contributed by atoms with Gasteiger partial charge < -0.3 is 5.32 Å². The van der Waals surface area contributed by atoms with E-state index in [4.69, 9.17) is 0 Å². The Morgan fingerprint density at radius 3 is 2.50 bits per heavy atom. The summed E-state index contributed by atoms with van der Waals surface area (Å²) < 4.78 is 1.03. The van der Waals surface area contributed by atoms with E-state index in [0.717, 1.165) is 10.0 Å². The summed E-state index contributed by atoms with van der Waals surface area (Å²) in [5.74, 6) is 0. The second kappa shape index (κ2) is 6.63. The van der Waals surface area contributed by atoms with Gasteiger partial charge in [-0.2, -0.15) is 0 Å². The monoisotopic (exact) mass is 334 g/mol. The molecule has 0 saturated carbocycles. The van der Waals surface area contributed by atoms with Crippen molar-refractivity contribution in [3.63, 3.8) is 0 Å². The van der Waals surface area contributed by atoms with Gasteiger partial charge in [0.2, 0.25) is 0 Å². The summed E-state index contributed by atoms with van der Waals surface area (Å²) in [6, 6.07) is 15.0. The second-order valence-corrected chi connectivity index (χ2v) is 5.46. The fourth-order valence-corrected chi connectivity index (χ4v) is 2.24. The van der Waals surface area contributed by atoms with E-state index in [1.54, 1.807) is 12.1 Å². The van der Waals surface area contributed by atoms with E-state index in [1.165, 1.54) is 6.07 Å². The van der Waals surface area contributed by atoms with Gasteiger partial charge in [-0.05, 0) is 24.6 Å². The molecule has 0 aliphatic heterocycles. The van der Waals surface area contributed by atoms with Crippen LogP contribution in [0.1, 0.15) is 24.1 Å². The third kappa shape index (κ3) is 3.65. The van der Waals surface area contributed by atoms with Gasteiger partial charge >= 0.3 is 0 Å². The molecule has 0 radical (unpaired) electrons. The maximum Gasteiger partial charge on any atom is 0.273 e. The highest BCUT2D eigenvalue weighted by molar-refractivity contribution is 9.10. The highest BCUT2D eigenvalue weighted by Crippen LogP contribution is 2.20. The first-order valence-corrected chi connectivity index (χ1v) is 7.08. The van der Waals surface area contributed by atoms with Crippen LogP contribution < -0.4 is 5.32 Å². The van der Waals surface area contributed by atoms with Crippen LogP contribution in [-0.4, -0.2) is 4.92 Å². The number of para-hydroxylation sites is 1. The smallest absolute Gasteiger partial charge is 0.273 e. The predicted octanol–water partition coefficient (Wildman–Crippen LogP) is 4.21. The molecule has 5 heteroatoms. The maximum absolute atomic E-state index is 10.9. The summed E-state index contributed by atoms with van der Waals surface area (Å²) in [4.78, 5) is 10.6. The molecule has 0 aromatic heterocycles. The van der Waals surface area contributed by atoms with Gasteiger partial charge in [0.05, 0.1) is 4.92 Å². The lowest BCUT2D eigenvalue weighted by Crippen LogP contribution is -2.18. The molecule has 0 spiro atoms. The minimum absolute atomic E-state index is 0.128. The SMILES string of the molecule is CC(NCc1ccccc1[N+](=O)[O-])c1ccc(Br)cc1. The molecule has 0 amide bonds. The number of nitro groups is 1. The number of hydrogen-bond donors (Lipinski definition) is 1. The van der Waals surface area contributed by atoms with E-state index in [2.05, 4.69) is 21.2 Å². The molecule has 0 fully saturated rings. The first-order chi connectivity index (χ1) is 9.58. The molecule has 0 saturated heterocycles. The van der Waals surface area contributed by atoms with Crippen molar-refractivity contribution in [1.29, 1.82) is 0 Å². The van der Waals surface area contributed by atoms with Crippen LogP contribution in [0.5, 0.6) is 0 Å². The van der Waals surface area contributed by atoms with Crippen molar-refractivity contribution in [3.05, 3.63) is 74.2 Å². The molecule has 20 heavy (non-hydrogen) atoms. The van der Waals surface area contributed by atoms with E-state index >= 15 is 0 Å². The summed E-state index contributed by atoms with van der Waals surface area (Å²) in [5, 5.41) is 14.3. The van der Waals surface area contributed by atoms with Crippen molar-refractivity contribution >= 4 is 21.6 Å². The van der Waals surface area contributed by atoms with Crippen molar-refractivity contribution in [2.24, 2.45) is 0 Å². The lowest BCUT2D eigenvalue weighted by Gasteiger charge is -2.14. The highest BCUT2D eigenvalue weighted by Gasteiger charge is 2.13. The third-order valence-electron chi connectivity index (χ3n) is 3.16. The van der Waals surface area contributed by atoms with Gasteiger partial charge in [0.1, 0.15) is 0 Å². The number of hydrogen-bond acceptors (Lipinski definition) is 3. The number of halogens is 1. The Morgan fingerprint density at radius 1 is 1.20 bits per heavy atom. The average Bonchev–Trinajstić information content (AvgIpc) is 2.45. The number of benzene rings is 2. The van der Waals surface area contributed by atoms with Crippen LogP contribution >= 0.6 is 15.9 Å². The van der Waals surface area contributed by atoms with Gasteiger partial charge in [-0.3, -0.25) is 10.1 Å². The van der Waals surface area contributed by atoms with Crippen molar-refractivity contribution in [1.82, 2.24) is 5.32 Å². The molecule has 4 nitrogen and oxygen atoms in total. The van der Waals surface area contributed by atoms with Crippen molar-refractivity contribution in [2.45, 2.75) is 19.5 Å². The molecular weight excluding hydrogens is 320 g/mol. The quantitative estimate of drug-likeness (QED) is 0.658. The largest absolute Gasteiger partial charge is 0.306 e. The lowest BCUT2D eigenvalue weighted by atomic mass is 10.1. The standard InChI is InChI=1S/C15H15BrN2O2/c1-11(12-6-8-14(16)9-7-12)17-10-13-4-2-3-5-15(13)18(19)20/h2-9,11,17H,10H2,1H3. The Morgan fingerprint density at radius 2 is 1.85 bits per heavy atom. The zero-order chi connectivity index (χ0) is 14.5. The summed E-state index contributed by atoms with van der Waals surface area (Å²) >= 11 is 3.40. The fraction of sp³-hybridized carbons (Fsp3) is 0.200. The van der Waals surface area contributed by atoms with Crippen molar-refractivity contribution < 1.29 is 4.92 Å². The van der Waals surface area contributed by atoms with Crippen LogP contribution in [-0.2, 0) is 6.54 Å². The first kappa shape index (κ1) is 14.7. The zero-order valence-corrected chi connectivity index (χ0v) is 12.6. The van der Waals surface area contributed by atoms with Crippen molar-refractivity contribution in [3.8, 4) is 0 Å². The van der Waals surface area contributed by atoms with E-state index in [1.807, 2.05) is 37.3 Å².